The fraction of sp³-hybridized carbons (Fsp3) is 0.143. The van der Waals surface area contributed by atoms with Gasteiger partial charge in [-0.05, 0) is 35.0 Å². The van der Waals surface area contributed by atoms with Gasteiger partial charge < -0.3 is 5.32 Å². The number of anilines is 1. The number of hydrogen-bond donors (Lipinski definition) is 1. The van der Waals surface area contributed by atoms with Crippen molar-refractivity contribution in [3.05, 3.63) is 63.9 Å². The van der Waals surface area contributed by atoms with E-state index in [0.29, 0.717) is 5.56 Å². The van der Waals surface area contributed by atoms with Crippen molar-refractivity contribution in [3.63, 3.8) is 0 Å². The zero-order valence-corrected chi connectivity index (χ0v) is 11.6. The first-order valence-electron chi connectivity index (χ1n) is 5.64. The van der Waals surface area contributed by atoms with Crippen LogP contribution in [0.4, 0.5) is 18.9 Å². The molecule has 0 saturated heterocycles. The summed E-state index contributed by atoms with van der Waals surface area (Å²) in [4.78, 5) is 0. The molecule has 0 aliphatic rings. The Hall–Kier alpha value is -1.49. The Labute approximate surface area is 117 Å². The minimum atomic E-state index is -0.727. The van der Waals surface area contributed by atoms with E-state index in [1.165, 1.54) is 6.07 Å². The maximum Gasteiger partial charge on any atom is 0.150 e. The first-order valence-corrected chi connectivity index (χ1v) is 6.44. The first kappa shape index (κ1) is 13.9. The second kappa shape index (κ2) is 5.65. The predicted molar refractivity (Wildman–Crippen MR) is 72.5 cm³/mol. The van der Waals surface area contributed by atoms with Crippen LogP contribution in [0.3, 0.4) is 0 Å². The smallest absolute Gasteiger partial charge is 0.150 e. The van der Waals surface area contributed by atoms with Crippen LogP contribution >= 0.6 is 15.9 Å². The van der Waals surface area contributed by atoms with E-state index in [0.717, 1.165) is 12.1 Å². The van der Waals surface area contributed by atoms with Gasteiger partial charge in [-0.1, -0.05) is 18.2 Å². The minimum Gasteiger partial charge on any atom is -0.375 e. The normalized spacial score (nSPS) is 12.3. The molecule has 100 valence electrons. The lowest BCUT2D eigenvalue weighted by Gasteiger charge is -2.18. The van der Waals surface area contributed by atoms with Crippen molar-refractivity contribution in [2.24, 2.45) is 0 Å². The van der Waals surface area contributed by atoms with E-state index in [4.69, 9.17) is 0 Å². The lowest BCUT2D eigenvalue weighted by atomic mass is 10.1. The topological polar surface area (TPSA) is 12.0 Å². The summed E-state index contributed by atoms with van der Waals surface area (Å²) in [7, 11) is 0. The summed E-state index contributed by atoms with van der Waals surface area (Å²) in [6.45, 7) is 1.70. The van der Waals surface area contributed by atoms with E-state index in [2.05, 4.69) is 21.2 Å². The second-order valence-corrected chi connectivity index (χ2v) is 4.99. The second-order valence-electron chi connectivity index (χ2n) is 4.13. The number of hydrogen-bond acceptors (Lipinski definition) is 1. The molecule has 1 unspecified atom stereocenters. The molecule has 0 fully saturated rings. The summed E-state index contributed by atoms with van der Waals surface area (Å²) in [5.41, 5.74) is 0.523. The molecule has 0 amide bonds. The molecule has 0 spiro atoms. The van der Waals surface area contributed by atoms with E-state index in [9.17, 15) is 13.2 Å². The third-order valence-corrected chi connectivity index (χ3v) is 3.36. The van der Waals surface area contributed by atoms with Crippen LogP contribution in [0, 0.1) is 17.5 Å². The highest BCUT2D eigenvalue weighted by molar-refractivity contribution is 9.10. The monoisotopic (exact) mass is 329 g/mol. The van der Waals surface area contributed by atoms with E-state index in [1.807, 2.05) is 0 Å². The Bertz CT molecular complexity index is 578. The standard InChI is InChI=1S/C14H11BrF3N/c1-8(10-4-2-3-5-12(10)17)19-14-11(15)6-9(16)7-13(14)18/h2-8,19H,1H3. The number of benzene rings is 2. The van der Waals surface area contributed by atoms with E-state index < -0.39 is 17.7 Å². The van der Waals surface area contributed by atoms with Crippen molar-refractivity contribution in [3.8, 4) is 0 Å². The Morgan fingerprint density at radius 1 is 1.05 bits per heavy atom. The Kier molecular flexibility index (Phi) is 4.14. The molecule has 0 saturated carbocycles. The van der Waals surface area contributed by atoms with Crippen LogP contribution in [-0.2, 0) is 0 Å². The van der Waals surface area contributed by atoms with Gasteiger partial charge in [0.1, 0.15) is 17.5 Å². The zero-order chi connectivity index (χ0) is 14.0. The van der Waals surface area contributed by atoms with E-state index >= 15 is 0 Å². The molecule has 1 atom stereocenters. The van der Waals surface area contributed by atoms with E-state index in [-0.39, 0.29) is 16.0 Å². The number of halogens is 4. The quantitative estimate of drug-likeness (QED) is 0.831. The molecule has 0 aliphatic heterocycles. The van der Waals surface area contributed by atoms with Crippen LogP contribution in [0.1, 0.15) is 18.5 Å². The SMILES string of the molecule is CC(Nc1c(F)cc(F)cc1Br)c1ccccc1F. The average molecular weight is 330 g/mol. The highest BCUT2D eigenvalue weighted by Crippen LogP contribution is 2.30. The molecule has 0 heterocycles. The predicted octanol–water partition coefficient (Wildman–Crippen LogP) is 5.04. The number of rotatable bonds is 3. The largest absolute Gasteiger partial charge is 0.375 e. The molecule has 0 bridgehead atoms. The first-order chi connectivity index (χ1) is 8.99. The molecule has 19 heavy (non-hydrogen) atoms. The molecular formula is C14H11BrF3N. The summed E-state index contributed by atoms with van der Waals surface area (Å²) in [6.07, 6.45) is 0. The van der Waals surface area contributed by atoms with Crippen LogP contribution in [0.5, 0.6) is 0 Å². The highest BCUT2D eigenvalue weighted by Gasteiger charge is 2.15. The fourth-order valence-electron chi connectivity index (χ4n) is 1.80. The third-order valence-electron chi connectivity index (χ3n) is 2.74. The zero-order valence-electron chi connectivity index (χ0n) is 10.1. The summed E-state index contributed by atoms with van der Waals surface area (Å²) >= 11 is 3.08. The fourth-order valence-corrected chi connectivity index (χ4v) is 2.32. The van der Waals surface area contributed by atoms with Crippen molar-refractivity contribution in [1.29, 1.82) is 0 Å². The Balaban J connectivity index is 2.29. The summed E-state index contributed by atoms with van der Waals surface area (Å²) in [5, 5.41) is 2.83. The van der Waals surface area contributed by atoms with Crippen LogP contribution in [0.25, 0.3) is 0 Å². The Morgan fingerprint density at radius 2 is 1.74 bits per heavy atom. The lowest BCUT2D eigenvalue weighted by molar-refractivity contribution is 0.578. The van der Waals surface area contributed by atoms with Crippen molar-refractivity contribution in [1.82, 2.24) is 0 Å². The van der Waals surface area contributed by atoms with Crippen LogP contribution < -0.4 is 5.32 Å². The van der Waals surface area contributed by atoms with Crippen LogP contribution in [0.2, 0.25) is 0 Å². The molecule has 2 aromatic rings. The van der Waals surface area contributed by atoms with Crippen LogP contribution in [0.15, 0.2) is 40.9 Å². The van der Waals surface area contributed by atoms with Gasteiger partial charge in [0.05, 0.1) is 11.7 Å². The van der Waals surface area contributed by atoms with Gasteiger partial charge in [-0.3, -0.25) is 0 Å². The van der Waals surface area contributed by atoms with Crippen LogP contribution in [-0.4, -0.2) is 0 Å². The van der Waals surface area contributed by atoms with Gasteiger partial charge in [-0.2, -0.15) is 0 Å². The van der Waals surface area contributed by atoms with Gasteiger partial charge in [0, 0.05) is 16.1 Å². The Morgan fingerprint density at radius 3 is 2.37 bits per heavy atom. The average Bonchev–Trinajstić information content (AvgIpc) is 2.34. The molecule has 1 nitrogen and oxygen atoms in total. The summed E-state index contributed by atoms with van der Waals surface area (Å²) in [6, 6.07) is 7.72. The molecular weight excluding hydrogens is 319 g/mol. The lowest BCUT2D eigenvalue weighted by Crippen LogP contribution is -2.10. The molecule has 1 N–H and O–H groups in total. The minimum absolute atomic E-state index is 0.108. The highest BCUT2D eigenvalue weighted by atomic mass is 79.9. The van der Waals surface area contributed by atoms with Crippen molar-refractivity contribution < 1.29 is 13.2 Å². The molecule has 0 aliphatic carbocycles. The van der Waals surface area contributed by atoms with Gasteiger partial charge >= 0.3 is 0 Å². The van der Waals surface area contributed by atoms with Gasteiger partial charge in [-0.15, -0.1) is 0 Å². The van der Waals surface area contributed by atoms with Gasteiger partial charge in [0.15, 0.2) is 0 Å². The maximum absolute atomic E-state index is 13.7. The molecule has 0 radical (unpaired) electrons. The third kappa shape index (κ3) is 3.10. The van der Waals surface area contributed by atoms with Crippen molar-refractivity contribution in [2.45, 2.75) is 13.0 Å². The van der Waals surface area contributed by atoms with Gasteiger partial charge in [0.25, 0.3) is 0 Å². The summed E-state index contributed by atoms with van der Waals surface area (Å²) in [5.74, 6) is -1.77. The molecule has 2 rings (SSSR count). The van der Waals surface area contributed by atoms with Gasteiger partial charge in [-0.25, -0.2) is 13.2 Å². The van der Waals surface area contributed by atoms with E-state index in [1.54, 1.807) is 25.1 Å². The molecule has 0 aromatic heterocycles. The molecule has 5 heteroatoms. The van der Waals surface area contributed by atoms with Crippen molar-refractivity contribution >= 4 is 21.6 Å². The number of nitrogens with one attached hydrogen (secondary N) is 1. The molecule has 2 aromatic carbocycles. The maximum atomic E-state index is 13.7. The summed E-state index contributed by atoms with van der Waals surface area (Å²) < 4.78 is 40.5. The van der Waals surface area contributed by atoms with Gasteiger partial charge in [0.2, 0.25) is 0 Å². The van der Waals surface area contributed by atoms with Crippen molar-refractivity contribution in [2.75, 3.05) is 5.32 Å².